The summed E-state index contributed by atoms with van der Waals surface area (Å²) >= 11 is 0. The second-order valence-electron chi connectivity index (χ2n) is 10.3. The highest BCUT2D eigenvalue weighted by atomic mass is 16.8. The van der Waals surface area contributed by atoms with Crippen LogP contribution in [0, 0.1) is 0 Å². The lowest BCUT2D eigenvalue weighted by Crippen LogP contribution is -2.64. The standard InChI is InChI=1S/C28H32O15/c1-10-18(32)21(35)23(37)27(39-10)43-26-22(36)19(33)16(9-29)41-28(26)42-25-20(34)17-14(31)7-12(30)8-15(17)40-24(25)11-3-5-13(38-2)6-4-11/h3-8,10,16,18-19,21-23,26-33,35-37H,9H2,1-2H3. The molecule has 2 fully saturated rings. The van der Waals surface area contributed by atoms with Gasteiger partial charge in [0, 0.05) is 17.7 Å². The highest BCUT2D eigenvalue weighted by Gasteiger charge is 2.51. The number of fused-ring (bicyclic) bond motifs is 1. The first-order valence-electron chi connectivity index (χ1n) is 13.3. The molecule has 2 saturated heterocycles. The molecule has 43 heavy (non-hydrogen) atoms. The van der Waals surface area contributed by atoms with E-state index in [0.717, 1.165) is 12.1 Å². The molecule has 0 bridgehead atoms. The minimum atomic E-state index is -1.85. The molecule has 2 aliphatic heterocycles. The summed E-state index contributed by atoms with van der Waals surface area (Å²) in [6, 6.07) is 8.23. The van der Waals surface area contributed by atoms with Crippen LogP contribution in [-0.4, -0.2) is 116 Å². The van der Waals surface area contributed by atoms with Crippen molar-refractivity contribution in [1.29, 1.82) is 0 Å². The van der Waals surface area contributed by atoms with Crippen LogP contribution in [0.15, 0.2) is 45.6 Å². The summed E-state index contributed by atoms with van der Waals surface area (Å²) in [5, 5.41) is 82.2. The third-order valence-electron chi connectivity index (χ3n) is 7.43. The predicted octanol–water partition coefficient (Wildman–Crippen LogP) is -1.09. The molecule has 234 valence electrons. The Morgan fingerprint density at radius 2 is 1.56 bits per heavy atom. The van der Waals surface area contributed by atoms with Crippen LogP contribution in [0.5, 0.6) is 23.0 Å². The molecule has 0 spiro atoms. The van der Waals surface area contributed by atoms with Crippen molar-refractivity contribution in [2.45, 2.75) is 68.3 Å². The van der Waals surface area contributed by atoms with E-state index >= 15 is 0 Å². The Labute approximate surface area is 243 Å². The van der Waals surface area contributed by atoms with E-state index in [1.165, 1.54) is 26.2 Å². The van der Waals surface area contributed by atoms with Crippen LogP contribution >= 0.6 is 0 Å². The molecular weight excluding hydrogens is 576 g/mol. The molecule has 2 aliphatic rings. The van der Waals surface area contributed by atoms with E-state index in [4.69, 9.17) is 28.1 Å². The summed E-state index contributed by atoms with van der Waals surface area (Å²) < 4.78 is 33.9. The van der Waals surface area contributed by atoms with Gasteiger partial charge in [-0.1, -0.05) is 0 Å². The third kappa shape index (κ3) is 5.74. The molecule has 15 nitrogen and oxygen atoms in total. The minimum absolute atomic E-state index is 0.193. The van der Waals surface area contributed by atoms with Crippen LogP contribution in [0.3, 0.4) is 0 Å². The number of hydrogen-bond acceptors (Lipinski definition) is 15. The Kier molecular flexibility index (Phi) is 8.80. The number of aliphatic hydroxyl groups is 6. The van der Waals surface area contributed by atoms with E-state index in [1.54, 1.807) is 12.1 Å². The van der Waals surface area contributed by atoms with Gasteiger partial charge in [0.1, 0.15) is 64.8 Å². The molecule has 1 aromatic heterocycles. The number of methoxy groups -OCH3 is 1. The molecule has 2 aromatic carbocycles. The summed E-state index contributed by atoms with van der Waals surface area (Å²) in [5.74, 6) is -1.29. The van der Waals surface area contributed by atoms with Crippen LogP contribution < -0.4 is 14.9 Å². The van der Waals surface area contributed by atoms with Gasteiger partial charge in [0.2, 0.25) is 17.5 Å². The van der Waals surface area contributed by atoms with Gasteiger partial charge < -0.3 is 69.0 Å². The van der Waals surface area contributed by atoms with Crippen molar-refractivity contribution in [3.05, 3.63) is 46.6 Å². The number of ether oxygens (including phenoxy) is 5. The fraction of sp³-hybridized carbons (Fsp3) is 0.464. The van der Waals surface area contributed by atoms with Crippen molar-refractivity contribution in [2.75, 3.05) is 13.7 Å². The monoisotopic (exact) mass is 608 g/mol. The molecule has 0 saturated carbocycles. The maximum Gasteiger partial charge on any atom is 0.239 e. The highest BCUT2D eigenvalue weighted by Crippen LogP contribution is 2.38. The van der Waals surface area contributed by atoms with Crippen LogP contribution in [0.4, 0.5) is 0 Å². The van der Waals surface area contributed by atoms with E-state index < -0.39 is 84.9 Å². The summed E-state index contributed by atoms with van der Waals surface area (Å²) in [6.07, 6.45) is -16.2. The van der Waals surface area contributed by atoms with E-state index in [1.807, 2.05) is 0 Å². The van der Waals surface area contributed by atoms with Crippen molar-refractivity contribution in [1.82, 2.24) is 0 Å². The molecule has 0 amide bonds. The Morgan fingerprint density at radius 3 is 2.21 bits per heavy atom. The number of phenolic OH excluding ortho intramolecular Hbond substituents is 2. The van der Waals surface area contributed by atoms with Crippen LogP contribution in [0.1, 0.15) is 6.92 Å². The topological polar surface area (TPSA) is 238 Å². The Morgan fingerprint density at radius 1 is 0.860 bits per heavy atom. The van der Waals surface area contributed by atoms with E-state index in [2.05, 4.69) is 0 Å². The zero-order valence-electron chi connectivity index (χ0n) is 22.9. The van der Waals surface area contributed by atoms with Gasteiger partial charge in [-0.2, -0.15) is 0 Å². The van der Waals surface area contributed by atoms with Crippen molar-refractivity contribution < 1.29 is 69.0 Å². The summed E-state index contributed by atoms with van der Waals surface area (Å²) in [7, 11) is 1.45. The van der Waals surface area contributed by atoms with Gasteiger partial charge in [-0.15, -0.1) is 0 Å². The predicted molar refractivity (Wildman–Crippen MR) is 143 cm³/mol. The first-order chi connectivity index (χ1) is 20.4. The fourth-order valence-electron chi connectivity index (χ4n) is 5.00. The van der Waals surface area contributed by atoms with Gasteiger partial charge in [0.25, 0.3) is 0 Å². The fourth-order valence-corrected chi connectivity index (χ4v) is 5.00. The zero-order chi connectivity index (χ0) is 31.2. The SMILES string of the molecule is COc1ccc(-c2oc3cc(O)cc(O)c3c(=O)c2OC2OC(CO)C(O)C(O)C2OC2OC(C)C(O)C(O)C2O)cc1. The Balaban J connectivity index is 1.60. The molecule has 8 N–H and O–H groups in total. The zero-order valence-corrected chi connectivity index (χ0v) is 22.9. The lowest BCUT2D eigenvalue weighted by molar-refractivity contribution is -0.354. The number of phenols is 2. The highest BCUT2D eigenvalue weighted by molar-refractivity contribution is 5.88. The second kappa shape index (κ2) is 12.2. The maximum absolute atomic E-state index is 13.8. The van der Waals surface area contributed by atoms with Crippen molar-refractivity contribution in [3.8, 4) is 34.3 Å². The molecule has 3 aromatic rings. The van der Waals surface area contributed by atoms with Gasteiger partial charge in [-0.3, -0.25) is 4.79 Å². The lowest BCUT2D eigenvalue weighted by Gasteiger charge is -2.45. The summed E-state index contributed by atoms with van der Waals surface area (Å²) in [6.45, 7) is 0.618. The van der Waals surface area contributed by atoms with Crippen molar-refractivity contribution in [3.63, 3.8) is 0 Å². The van der Waals surface area contributed by atoms with E-state index in [-0.39, 0.29) is 28.0 Å². The second-order valence-corrected chi connectivity index (χ2v) is 10.3. The molecule has 3 heterocycles. The minimum Gasteiger partial charge on any atom is -0.508 e. The lowest BCUT2D eigenvalue weighted by atomic mass is 9.97. The first kappa shape index (κ1) is 30.9. The molecule has 5 rings (SSSR count). The van der Waals surface area contributed by atoms with Gasteiger partial charge in [0.15, 0.2) is 18.2 Å². The van der Waals surface area contributed by atoms with Gasteiger partial charge in [-0.05, 0) is 31.2 Å². The smallest absolute Gasteiger partial charge is 0.239 e. The Bertz CT molecular complexity index is 1490. The maximum atomic E-state index is 13.8. The van der Waals surface area contributed by atoms with Crippen LogP contribution in [0.2, 0.25) is 0 Å². The molecule has 15 heteroatoms. The number of rotatable bonds is 7. The quantitative estimate of drug-likeness (QED) is 0.159. The van der Waals surface area contributed by atoms with Crippen LogP contribution in [-0.2, 0) is 14.2 Å². The third-order valence-corrected chi connectivity index (χ3v) is 7.43. The molecule has 10 atom stereocenters. The van der Waals surface area contributed by atoms with Gasteiger partial charge in [0.05, 0.1) is 19.8 Å². The van der Waals surface area contributed by atoms with Gasteiger partial charge in [-0.25, -0.2) is 0 Å². The van der Waals surface area contributed by atoms with E-state index in [9.17, 15) is 45.6 Å². The average Bonchev–Trinajstić information content (AvgIpc) is 2.98. The molecule has 0 radical (unpaired) electrons. The number of benzene rings is 2. The average molecular weight is 609 g/mol. The van der Waals surface area contributed by atoms with Gasteiger partial charge >= 0.3 is 0 Å². The largest absolute Gasteiger partial charge is 0.508 e. The van der Waals surface area contributed by atoms with Crippen molar-refractivity contribution in [2.24, 2.45) is 0 Å². The summed E-state index contributed by atoms with van der Waals surface area (Å²) in [5.41, 5.74) is -0.835. The van der Waals surface area contributed by atoms with E-state index in [0.29, 0.717) is 5.75 Å². The molecule has 10 unspecified atom stereocenters. The normalized spacial score (nSPS) is 32.9. The number of hydrogen-bond donors (Lipinski definition) is 8. The summed E-state index contributed by atoms with van der Waals surface area (Å²) in [4.78, 5) is 13.8. The molecular formula is C28H32O15. The number of aliphatic hydroxyl groups excluding tert-OH is 6. The molecule has 0 aliphatic carbocycles. The van der Waals surface area contributed by atoms with Crippen LogP contribution in [0.25, 0.3) is 22.3 Å². The number of aromatic hydroxyl groups is 2. The Hall–Kier alpha value is -3.51. The van der Waals surface area contributed by atoms with Crippen molar-refractivity contribution >= 4 is 11.0 Å². The first-order valence-corrected chi connectivity index (χ1v) is 13.3.